The third-order valence-electron chi connectivity index (χ3n) is 3.18. The molecule has 1 amide bonds. The topological polar surface area (TPSA) is 41.6 Å². The zero-order valence-corrected chi connectivity index (χ0v) is 12.5. The van der Waals surface area contributed by atoms with Crippen LogP contribution >= 0.6 is 0 Å². The molecule has 0 radical (unpaired) electrons. The second-order valence-corrected chi connectivity index (χ2v) is 6.48. The van der Waals surface area contributed by atoms with Crippen molar-refractivity contribution in [2.75, 3.05) is 20.1 Å². The molecule has 0 unspecified atom stereocenters. The Bertz CT molecular complexity index is 267. The third-order valence-corrected chi connectivity index (χ3v) is 3.18. The smallest absolute Gasteiger partial charge is 0.410 e. The summed E-state index contributed by atoms with van der Waals surface area (Å²) in [5, 5.41) is 3.51. The van der Waals surface area contributed by atoms with E-state index in [4.69, 9.17) is 4.74 Å². The lowest BCUT2D eigenvalue weighted by Crippen LogP contribution is -2.41. The van der Waals surface area contributed by atoms with Gasteiger partial charge in [0.15, 0.2) is 0 Å². The van der Waals surface area contributed by atoms with Crippen molar-refractivity contribution in [2.24, 2.45) is 5.92 Å². The highest BCUT2D eigenvalue weighted by molar-refractivity contribution is 5.67. The molecule has 18 heavy (non-hydrogen) atoms. The highest BCUT2D eigenvalue weighted by Gasteiger charge is 2.24. The van der Waals surface area contributed by atoms with E-state index in [9.17, 15) is 4.79 Å². The van der Waals surface area contributed by atoms with Gasteiger partial charge in [0.1, 0.15) is 5.60 Å². The number of hydrogen-bond donors (Lipinski definition) is 1. The molecule has 0 aromatic carbocycles. The Labute approximate surface area is 111 Å². The van der Waals surface area contributed by atoms with Gasteiger partial charge in [-0.05, 0) is 52.5 Å². The van der Waals surface area contributed by atoms with Crippen molar-refractivity contribution in [3.05, 3.63) is 0 Å². The van der Waals surface area contributed by atoms with Crippen molar-refractivity contribution < 1.29 is 9.53 Å². The Hall–Kier alpha value is -0.770. The number of ether oxygens (including phenoxy) is 1. The van der Waals surface area contributed by atoms with Gasteiger partial charge in [-0.1, -0.05) is 6.92 Å². The molecule has 0 atom stereocenters. The van der Waals surface area contributed by atoms with Crippen LogP contribution in [0.2, 0.25) is 0 Å². The molecule has 1 N–H and O–H groups in total. The molecular formula is C14H28N2O2. The molecule has 1 rings (SSSR count). The van der Waals surface area contributed by atoms with Crippen LogP contribution < -0.4 is 5.32 Å². The number of amides is 1. The average molecular weight is 256 g/mol. The van der Waals surface area contributed by atoms with Crippen LogP contribution in [0.25, 0.3) is 0 Å². The van der Waals surface area contributed by atoms with Gasteiger partial charge in [-0.3, -0.25) is 0 Å². The molecule has 0 aliphatic heterocycles. The molecule has 4 nitrogen and oxygen atoms in total. The summed E-state index contributed by atoms with van der Waals surface area (Å²) in [4.78, 5) is 13.3. The Balaban J connectivity index is 2.05. The maximum Gasteiger partial charge on any atom is 0.410 e. The van der Waals surface area contributed by atoms with E-state index in [1.54, 1.807) is 11.9 Å². The Morgan fingerprint density at radius 1 is 1.39 bits per heavy atom. The summed E-state index contributed by atoms with van der Waals surface area (Å²) < 4.78 is 5.29. The molecule has 0 spiro atoms. The zero-order chi connectivity index (χ0) is 13.8. The van der Waals surface area contributed by atoms with Crippen molar-refractivity contribution in [3.63, 3.8) is 0 Å². The van der Waals surface area contributed by atoms with Gasteiger partial charge >= 0.3 is 6.09 Å². The second kappa shape index (κ2) is 6.41. The zero-order valence-electron chi connectivity index (χ0n) is 12.5. The summed E-state index contributed by atoms with van der Waals surface area (Å²) in [5.41, 5.74) is -0.411. The lowest BCUT2D eigenvalue weighted by molar-refractivity contribution is 0.0296. The van der Waals surface area contributed by atoms with Gasteiger partial charge < -0.3 is 15.0 Å². The lowest BCUT2D eigenvalue weighted by Gasteiger charge is -2.33. The number of carbonyl (C=O) groups excluding carboxylic acids is 1. The molecular weight excluding hydrogens is 228 g/mol. The normalized spacial score (nSPS) is 23.4. The molecule has 1 fully saturated rings. The Kier molecular flexibility index (Phi) is 5.45. The van der Waals surface area contributed by atoms with Gasteiger partial charge in [0.2, 0.25) is 0 Å². The van der Waals surface area contributed by atoms with E-state index in [-0.39, 0.29) is 6.09 Å². The Morgan fingerprint density at radius 2 is 2.00 bits per heavy atom. The first-order valence-electron chi connectivity index (χ1n) is 6.95. The van der Waals surface area contributed by atoms with E-state index in [0.717, 1.165) is 25.4 Å². The monoisotopic (exact) mass is 256 g/mol. The van der Waals surface area contributed by atoms with E-state index in [2.05, 4.69) is 12.2 Å². The fourth-order valence-electron chi connectivity index (χ4n) is 2.12. The number of nitrogens with zero attached hydrogens (tertiary/aromatic N) is 1. The first-order chi connectivity index (χ1) is 8.28. The van der Waals surface area contributed by atoms with Crippen LogP contribution in [0.5, 0.6) is 0 Å². The number of rotatable bonds is 5. The molecule has 0 heterocycles. The fraction of sp³-hybridized carbons (Fsp3) is 0.929. The van der Waals surface area contributed by atoms with Crippen LogP contribution in [0.3, 0.4) is 0 Å². The molecule has 0 aromatic heterocycles. The van der Waals surface area contributed by atoms with Crippen molar-refractivity contribution in [1.29, 1.82) is 0 Å². The number of hydrogen-bond acceptors (Lipinski definition) is 3. The maximum atomic E-state index is 11.7. The highest BCUT2D eigenvalue weighted by atomic mass is 16.6. The van der Waals surface area contributed by atoms with Crippen molar-refractivity contribution in [1.82, 2.24) is 10.2 Å². The summed E-state index contributed by atoms with van der Waals surface area (Å²) in [6.45, 7) is 9.66. The van der Waals surface area contributed by atoms with E-state index in [1.165, 1.54) is 12.8 Å². The minimum atomic E-state index is -0.411. The van der Waals surface area contributed by atoms with Gasteiger partial charge in [0.25, 0.3) is 0 Å². The first-order valence-corrected chi connectivity index (χ1v) is 6.95. The van der Waals surface area contributed by atoms with Crippen molar-refractivity contribution in [3.8, 4) is 0 Å². The van der Waals surface area contributed by atoms with Gasteiger partial charge in [0, 0.05) is 19.6 Å². The first kappa shape index (κ1) is 15.3. The van der Waals surface area contributed by atoms with Gasteiger partial charge in [0.05, 0.1) is 0 Å². The fourth-order valence-corrected chi connectivity index (χ4v) is 2.12. The van der Waals surface area contributed by atoms with E-state index < -0.39 is 5.60 Å². The summed E-state index contributed by atoms with van der Waals surface area (Å²) >= 11 is 0. The molecule has 106 valence electrons. The molecule has 0 aromatic rings. The molecule has 1 aliphatic carbocycles. The Morgan fingerprint density at radius 3 is 2.50 bits per heavy atom. The molecule has 4 heteroatoms. The standard InChI is InChI=1S/C14H28N2O2/c1-11-9-12(10-11)15-7-6-8-16(5)13(17)18-14(2,3)4/h11-12,15H,6-10H2,1-5H3. The van der Waals surface area contributed by atoms with Crippen LogP contribution in [0.15, 0.2) is 0 Å². The summed E-state index contributed by atoms with van der Waals surface area (Å²) in [6.07, 6.45) is 3.32. The van der Waals surface area contributed by atoms with Crippen LogP contribution in [-0.4, -0.2) is 42.8 Å². The van der Waals surface area contributed by atoms with Gasteiger partial charge in [-0.25, -0.2) is 4.79 Å². The minimum Gasteiger partial charge on any atom is -0.444 e. The number of nitrogens with one attached hydrogen (secondary N) is 1. The molecule has 0 bridgehead atoms. The predicted octanol–water partition coefficient (Wildman–Crippen LogP) is 2.63. The second-order valence-electron chi connectivity index (χ2n) is 6.48. The SMILES string of the molecule is CC1CC(NCCCN(C)C(=O)OC(C)(C)C)C1. The van der Waals surface area contributed by atoms with E-state index >= 15 is 0 Å². The van der Waals surface area contributed by atoms with Crippen molar-refractivity contribution >= 4 is 6.09 Å². The average Bonchev–Trinajstić information content (AvgIpc) is 2.18. The number of carbonyl (C=O) groups is 1. The van der Waals surface area contributed by atoms with Crippen LogP contribution in [0.1, 0.15) is 47.0 Å². The molecule has 1 saturated carbocycles. The van der Waals surface area contributed by atoms with E-state index in [0.29, 0.717) is 6.04 Å². The molecule has 0 saturated heterocycles. The summed E-state index contributed by atoms with van der Waals surface area (Å²) in [6, 6.07) is 0.701. The lowest BCUT2D eigenvalue weighted by atomic mass is 9.82. The minimum absolute atomic E-state index is 0.236. The summed E-state index contributed by atoms with van der Waals surface area (Å²) in [7, 11) is 1.79. The largest absolute Gasteiger partial charge is 0.444 e. The van der Waals surface area contributed by atoms with Crippen LogP contribution in [0.4, 0.5) is 4.79 Å². The van der Waals surface area contributed by atoms with Gasteiger partial charge in [-0.2, -0.15) is 0 Å². The highest BCUT2D eigenvalue weighted by Crippen LogP contribution is 2.25. The van der Waals surface area contributed by atoms with Crippen LogP contribution in [-0.2, 0) is 4.74 Å². The quantitative estimate of drug-likeness (QED) is 0.769. The van der Waals surface area contributed by atoms with E-state index in [1.807, 2.05) is 20.8 Å². The maximum absolute atomic E-state index is 11.7. The molecule has 1 aliphatic rings. The van der Waals surface area contributed by atoms with Crippen molar-refractivity contribution in [2.45, 2.75) is 58.6 Å². The summed E-state index contributed by atoms with van der Waals surface area (Å²) in [5.74, 6) is 0.881. The van der Waals surface area contributed by atoms with Gasteiger partial charge in [-0.15, -0.1) is 0 Å². The third kappa shape index (κ3) is 5.71. The van der Waals surface area contributed by atoms with Crippen LogP contribution in [0, 0.1) is 5.92 Å². The predicted molar refractivity (Wildman–Crippen MR) is 73.7 cm³/mol.